The van der Waals surface area contributed by atoms with E-state index in [1.54, 1.807) is 23.4 Å². The molecule has 1 fully saturated rings. The van der Waals surface area contributed by atoms with Gasteiger partial charge in [0.2, 0.25) is 0 Å². The number of carbonyl (C=O) groups excluding carboxylic acids is 1. The zero-order valence-corrected chi connectivity index (χ0v) is 19.9. The quantitative estimate of drug-likeness (QED) is 0.362. The number of aromatic nitrogens is 2. The van der Waals surface area contributed by atoms with Crippen LogP contribution in [0.4, 0.5) is 23.8 Å². The summed E-state index contributed by atoms with van der Waals surface area (Å²) in [6.07, 6.45) is -1.07. The average Bonchev–Trinajstić information content (AvgIpc) is 3.34. The molecule has 0 radical (unpaired) electrons. The summed E-state index contributed by atoms with van der Waals surface area (Å²) in [6, 6.07) is 13.8. The van der Waals surface area contributed by atoms with Crippen molar-refractivity contribution in [2.45, 2.75) is 12.7 Å². The van der Waals surface area contributed by atoms with E-state index in [0.717, 1.165) is 27.8 Å². The van der Waals surface area contributed by atoms with E-state index in [-0.39, 0.29) is 11.8 Å². The van der Waals surface area contributed by atoms with Crippen molar-refractivity contribution in [3.05, 3.63) is 78.1 Å². The second-order valence-electron chi connectivity index (χ2n) is 8.37. The number of nitrogens with zero attached hydrogens (tertiary/aromatic N) is 4. The molecule has 2 aromatic carbocycles. The van der Waals surface area contributed by atoms with Crippen LogP contribution in [-0.4, -0.2) is 51.4 Å². The highest BCUT2D eigenvalue weighted by Gasteiger charge is 2.30. The Morgan fingerprint density at radius 3 is 2.56 bits per heavy atom. The number of ether oxygens (including phenoxy) is 1. The summed E-state index contributed by atoms with van der Waals surface area (Å²) < 4.78 is 49.7. The molecule has 5 rings (SSSR count). The number of fused-ring (bicyclic) bond motifs is 1. The second-order valence-corrected chi connectivity index (χ2v) is 9.20. The zero-order chi connectivity index (χ0) is 25.1. The van der Waals surface area contributed by atoms with E-state index in [9.17, 15) is 18.0 Å². The average molecular weight is 514 g/mol. The molecule has 0 spiro atoms. The number of alkyl halides is 3. The third kappa shape index (κ3) is 5.58. The molecular formula is C25H22F3N5O2S. The van der Waals surface area contributed by atoms with Crippen LogP contribution in [0.3, 0.4) is 0 Å². The van der Waals surface area contributed by atoms with Gasteiger partial charge in [0.05, 0.1) is 21.8 Å². The lowest BCUT2D eigenvalue weighted by atomic mass is 10.2. The highest BCUT2D eigenvalue weighted by atomic mass is 32.1. The third-order valence-corrected chi connectivity index (χ3v) is 6.63. The molecule has 0 aliphatic carbocycles. The number of urea groups is 1. The molecule has 0 saturated carbocycles. The molecule has 7 nitrogen and oxygen atoms in total. The number of rotatable bonds is 5. The van der Waals surface area contributed by atoms with Crippen molar-refractivity contribution in [1.29, 1.82) is 0 Å². The Bertz CT molecular complexity index is 1370. The van der Waals surface area contributed by atoms with Gasteiger partial charge in [0.15, 0.2) is 0 Å². The highest BCUT2D eigenvalue weighted by Crippen LogP contribution is 2.33. The van der Waals surface area contributed by atoms with Gasteiger partial charge in [-0.15, -0.1) is 0 Å². The predicted octanol–water partition coefficient (Wildman–Crippen LogP) is 5.85. The second kappa shape index (κ2) is 10.1. The van der Waals surface area contributed by atoms with Crippen molar-refractivity contribution in [3.63, 3.8) is 0 Å². The standard InChI is InChI=1S/C25H22F3N5O2S/c26-25(27,28)18-4-2-6-20(14-18)35-19-5-1-3-17(13-19)16-32-9-11-33(12-10-32)24(34)31-23-21-15-30-36-22(21)7-8-29-23/h1-8,13-15H,9-12,16H2,(H,29,31,34). The number of carbonyl (C=O) groups is 1. The van der Waals surface area contributed by atoms with E-state index in [0.29, 0.717) is 44.3 Å². The molecule has 186 valence electrons. The first-order valence-corrected chi connectivity index (χ1v) is 12.0. The molecule has 1 N–H and O–H groups in total. The fourth-order valence-electron chi connectivity index (χ4n) is 4.02. The van der Waals surface area contributed by atoms with Crippen molar-refractivity contribution in [2.24, 2.45) is 0 Å². The number of pyridine rings is 1. The van der Waals surface area contributed by atoms with E-state index < -0.39 is 11.7 Å². The van der Waals surface area contributed by atoms with Gasteiger partial charge in [-0.05, 0) is 53.5 Å². The van der Waals surface area contributed by atoms with E-state index in [2.05, 4.69) is 19.6 Å². The van der Waals surface area contributed by atoms with Crippen molar-refractivity contribution < 1.29 is 22.7 Å². The Morgan fingerprint density at radius 2 is 1.78 bits per heavy atom. The summed E-state index contributed by atoms with van der Waals surface area (Å²) in [6.45, 7) is 3.12. The maximum atomic E-state index is 13.0. The van der Waals surface area contributed by atoms with Crippen LogP contribution in [0.5, 0.6) is 11.5 Å². The van der Waals surface area contributed by atoms with Gasteiger partial charge in [0.25, 0.3) is 0 Å². The lowest BCUT2D eigenvalue weighted by molar-refractivity contribution is -0.137. The molecule has 0 atom stereocenters. The minimum atomic E-state index is -4.43. The van der Waals surface area contributed by atoms with Gasteiger partial charge in [0, 0.05) is 38.9 Å². The van der Waals surface area contributed by atoms with Gasteiger partial charge in [-0.25, -0.2) is 9.78 Å². The van der Waals surface area contributed by atoms with Crippen LogP contribution in [0, 0.1) is 0 Å². The molecule has 1 aliphatic heterocycles. The summed E-state index contributed by atoms with van der Waals surface area (Å²) in [7, 11) is 0. The Morgan fingerprint density at radius 1 is 1.03 bits per heavy atom. The largest absolute Gasteiger partial charge is 0.457 e. The summed E-state index contributed by atoms with van der Waals surface area (Å²) in [5.41, 5.74) is 0.218. The minimum Gasteiger partial charge on any atom is -0.457 e. The fourth-order valence-corrected chi connectivity index (χ4v) is 4.66. The van der Waals surface area contributed by atoms with Crippen LogP contribution in [0.25, 0.3) is 10.1 Å². The van der Waals surface area contributed by atoms with Crippen molar-refractivity contribution in [3.8, 4) is 11.5 Å². The summed E-state index contributed by atoms with van der Waals surface area (Å²) in [4.78, 5) is 21.0. The van der Waals surface area contributed by atoms with Crippen LogP contribution >= 0.6 is 11.5 Å². The number of nitrogens with one attached hydrogen (secondary N) is 1. The topological polar surface area (TPSA) is 70.6 Å². The first-order valence-electron chi connectivity index (χ1n) is 11.3. The molecule has 2 aromatic heterocycles. The van der Waals surface area contributed by atoms with Crippen LogP contribution in [0.1, 0.15) is 11.1 Å². The smallest absolute Gasteiger partial charge is 0.416 e. The molecule has 4 aromatic rings. The molecule has 3 heterocycles. The summed E-state index contributed by atoms with van der Waals surface area (Å²) in [5.74, 6) is 1.10. The number of hydrogen-bond donors (Lipinski definition) is 1. The van der Waals surface area contributed by atoms with Gasteiger partial charge < -0.3 is 9.64 Å². The summed E-state index contributed by atoms with van der Waals surface area (Å²) >= 11 is 1.35. The lowest BCUT2D eigenvalue weighted by Crippen LogP contribution is -2.49. The predicted molar refractivity (Wildman–Crippen MR) is 131 cm³/mol. The summed E-state index contributed by atoms with van der Waals surface area (Å²) in [5, 5.41) is 3.71. The first kappa shape index (κ1) is 24.0. The molecule has 36 heavy (non-hydrogen) atoms. The van der Waals surface area contributed by atoms with Crippen LogP contribution in [-0.2, 0) is 12.7 Å². The Balaban J connectivity index is 1.16. The first-order chi connectivity index (χ1) is 17.3. The number of halogens is 3. The normalized spacial score (nSPS) is 14.7. The van der Waals surface area contributed by atoms with Crippen molar-refractivity contribution in [1.82, 2.24) is 19.2 Å². The van der Waals surface area contributed by atoms with Crippen molar-refractivity contribution in [2.75, 3.05) is 31.5 Å². The monoisotopic (exact) mass is 513 g/mol. The van der Waals surface area contributed by atoms with Crippen LogP contribution < -0.4 is 10.1 Å². The van der Waals surface area contributed by atoms with E-state index in [1.165, 1.54) is 23.7 Å². The van der Waals surface area contributed by atoms with Gasteiger partial charge >= 0.3 is 12.2 Å². The Kier molecular flexibility index (Phi) is 6.75. The Hall–Kier alpha value is -3.70. The highest BCUT2D eigenvalue weighted by molar-refractivity contribution is 7.13. The molecular weight excluding hydrogens is 491 g/mol. The number of amides is 2. The van der Waals surface area contributed by atoms with Gasteiger partial charge in [0.1, 0.15) is 17.3 Å². The maximum absolute atomic E-state index is 13.0. The number of piperazine rings is 1. The molecule has 0 bridgehead atoms. The number of anilines is 1. The molecule has 11 heteroatoms. The fraction of sp³-hybridized carbons (Fsp3) is 0.240. The third-order valence-electron chi connectivity index (χ3n) is 5.87. The number of hydrogen-bond acceptors (Lipinski definition) is 6. The van der Waals surface area contributed by atoms with Gasteiger partial charge in [-0.1, -0.05) is 18.2 Å². The Labute approximate surface area is 209 Å². The van der Waals surface area contributed by atoms with Crippen LogP contribution in [0.2, 0.25) is 0 Å². The minimum absolute atomic E-state index is 0.130. The van der Waals surface area contributed by atoms with Crippen LogP contribution in [0.15, 0.2) is 67.0 Å². The lowest BCUT2D eigenvalue weighted by Gasteiger charge is -2.34. The van der Waals surface area contributed by atoms with Gasteiger partial charge in [-0.2, -0.15) is 17.5 Å². The number of benzene rings is 2. The van der Waals surface area contributed by atoms with E-state index >= 15 is 0 Å². The van der Waals surface area contributed by atoms with Gasteiger partial charge in [-0.3, -0.25) is 10.2 Å². The molecule has 1 aliphatic rings. The van der Waals surface area contributed by atoms with E-state index in [4.69, 9.17) is 4.74 Å². The van der Waals surface area contributed by atoms with Crippen molar-refractivity contribution >= 4 is 33.5 Å². The SMILES string of the molecule is O=C(Nc1nccc2sncc12)N1CCN(Cc2cccc(Oc3cccc(C(F)(F)F)c3)c2)CC1. The molecule has 1 saturated heterocycles. The zero-order valence-electron chi connectivity index (χ0n) is 19.0. The maximum Gasteiger partial charge on any atom is 0.416 e. The van der Waals surface area contributed by atoms with E-state index in [1.807, 2.05) is 24.3 Å². The molecule has 0 unspecified atom stereocenters. The molecule has 2 amide bonds.